The van der Waals surface area contributed by atoms with E-state index in [9.17, 15) is 9.18 Å². The van der Waals surface area contributed by atoms with Gasteiger partial charge in [0.15, 0.2) is 0 Å². The molecule has 1 N–H and O–H groups in total. The number of anilines is 1. The average Bonchev–Trinajstić information content (AvgIpc) is 3.37. The molecule has 4 atom stereocenters. The van der Waals surface area contributed by atoms with E-state index in [-0.39, 0.29) is 29.5 Å². The minimum Gasteiger partial charge on any atom is -0.496 e. The third-order valence-electron chi connectivity index (χ3n) is 6.70. The molecule has 0 bridgehead atoms. The first-order valence-electron chi connectivity index (χ1n) is 10.3. The number of halogens is 1. The number of nitrogens with one attached hydrogen (secondary N) is 1. The largest absolute Gasteiger partial charge is 0.496 e. The van der Waals surface area contributed by atoms with Crippen LogP contribution in [-0.2, 0) is 14.3 Å². The van der Waals surface area contributed by atoms with E-state index in [0.717, 1.165) is 35.4 Å². The molecule has 1 heterocycles. The number of ether oxygens (including phenoxy) is 3. The maximum absolute atomic E-state index is 13.6. The molecule has 1 spiro atoms. The van der Waals surface area contributed by atoms with Gasteiger partial charge in [0.05, 0.1) is 32.3 Å². The quantitative estimate of drug-likeness (QED) is 0.732. The molecule has 1 saturated carbocycles. The fourth-order valence-corrected chi connectivity index (χ4v) is 5.30. The van der Waals surface area contributed by atoms with Crippen molar-refractivity contribution in [2.75, 3.05) is 33.2 Å². The molecule has 30 heavy (non-hydrogen) atoms. The summed E-state index contributed by atoms with van der Waals surface area (Å²) < 4.78 is 30.8. The van der Waals surface area contributed by atoms with Crippen LogP contribution in [0.3, 0.4) is 0 Å². The maximum Gasteiger partial charge on any atom is 0.309 e. The summed E-state index contributed by atoms with van der Waals surface area (Å²) >= 11 is 0. The Labute approximate surface area is 176 Å². The highest BCUT2D eigenvalue weighted by molar-refractivity contribution is 5.74. The van der Waals surface area contributed by atoms with Gasteiger partial charge in [-0.3, -0.25) is 4.79 Å². The summed E-state index contributed by atoms with van der Waals surface area (Å²) in [4.78, 5) is 12.6. The first-order valence-corrected chi connectivity index (χ1v) is 10.3. The first kappa shape index (κ1) is 20.7. The van der Waals surface area contributed by atoms with Gasteiger partial charge in [-0.25, -0.2) is 4.39 Å². The highest BCUT2D eigenvalue weighted by Gasteiger charge is 2.56. The monoisotopic (exact) mass is 413 g/mol. The second kappa shape index (κ2) is 8.26. The number of methoxy groups -OCH3 is 2. The van der Waals surface area contributed by atoms with Gasteiger partial charge in [-0.1, -0.05) is 12.1 Å². The number of carbonyl (C=O) groups is 1. The van der Waals surface area contributed by atoms with Gasteiger partial charge in [-0.15, -0.1) is 0 Å². The van der Waals surface area contributed by atoms with Gasteiger partial charge in [0.25, 0.3) is 0 Å². The van der Waals surface area contributed by atoms with Crippen LogP contribution in [0.15, 0.2) is 42.5 Å². The molecule has 2 aliphatic rings. The van der Waals surface area contributed by atoms with Crippen LogP contribution in [0.2, 0.25) is 0 Å². The molecular weight excluding hydrogens is 385 g/mol. The van der Waals surface area contributed by atoms with Crippen molar-refractivity contribution in [2.45, 2.75) is 36.7 Å². The van der Waals surface area contributed by atoms with Crippen molar-refractivity contribution < 1.29 is 23.4 Å². The molecule has 0 amide bonds. The minimum absolute atomic E-state index is 0.146. The van der Waals surface area contributed by atoms with Crippen LogP contribution in [0, 0.1) is 11.7 Å². The van der Waals surface area contributed by atoms with Crippen molar-refractivity contribution in [2.24, 2.45) is 5.92 Å². The molecular formula is C24H28FNO4. The molecule has 1 saturated heterocycles. The lowest BCUT2D eigenvalue weighted by Gasteiger charge is -2.33. The normalized spacial score (nSPS) is 27.9. The van der Waals surface area contributed by atoms with E-state index in [4.69, 9.17) is 14.2 Å². The predicted molar refractivity (Wildman–Crippen MR) is 112 cm³/mol. The predicted octanol–water partition coefficient (Wildman–Crippen LogP) is 4.49. The maximum atomic E-state index is 13.6. The first-order chi connectivity index (χ1) is 14.5. The molecule has 2 aromatic rings. The lowest BCUT2D eigenvalue weighted by atomic mass is 9.76. The molecule has 5 nitrogen and oxygen atoms in total. The Hall–Kier alpha value is -2.60. The number of carbonyl (C=O) groups excluding carboxylic acids is 1. The number of hydrogen-bond donors (Lipinski definition) is 1. The van der Waals surface area contributed by atoms with Gasteiger partial charge in [-0.2, -0.15) is 0 Å². The number of hydrogen-bond acceptors (Lipinski definition) is 5. The topological polar surface area (TPSA) is 56.8 Å². The summed E-state index contributed by atoms with van der Waals surface area (Å²) in [7, 11) is 4.98. The molecule has 6 heteroatoms. The van der Waals surface area contributed by atoms with E-state index in [1.807, 2.05) is 19.2 Å². The van der Waals surface area contributed by atoms with Crippen molar-refractivity contribution in [3.63, 3.8) is 0 Å². The van der Waals surface area contributed by atoms with Crippen molar-refractivity contribution in [1.29, 1.82) is 0 Å². The molecule has 2 fully saturated rings. The van der Waals surface area contributed by atoms with Crippen molar-refractivity contribution in [3.05, 3.63) is 59.4 Å². The summed E-state index contributed by atoms with van der Waals surface area (Å²) in [6.07, 6.45) is 2.22. The van der Waals surface area contributed by atoms with Crippen molar-refractivity contribution >= 4 is 11.7 Å². The summed E-state index contributed by atoms with van der Waals surface area (Å²) in [5.41, 5.74) is 2.55. The van der Waals surface area contributed by atoms with Gasteiger partial charge < -0.3 is 19.5 Å². The van der Waals surface area contributed by atoms with Crippen LogP contribution >= 0.6 is 0 Å². The Balaban J connectivity index is 1.69. The van der Waals surface area contributed by atoms with E-state index >= 15 is 0 Å². The third kappa shape index (κ3) is 3.54. The minimum atomic E-state index is -0.484. The zero-order valence-electron chi connectivity index (χ0n) is 17.6. The smallest absolute Gasteiger partial charge is 0.309 e. The fourth-order valence-electron chi connectivity index (χ4n) is 5.30. The van der Waals surface area contributed by atoms with Crippen molar-refractivity contribution in [3.8, 4) is 5.75 Å². The lowest BCUT2D eigenvalue weighted by Crippen LogP contribution is -2.35. The highest BCUT2D eigenvalue weighted by atomic mass is 19.1. The zero-order chi connectivity index (χ0) is 21.3. The van der Waals surface area contributed by atoms with E-state index < -0.39 is 5.60 Å². The van der Waals surface area contributed by atoms with Crippen LogP contribution in [-0.4, -0.2) is 39.4 Å². The molecule has 0 radical (unpaired) electrons. The van der Waals surface area contributed by atoms with Gasteiger partial charge in [0.2, 0.25) is 0 Å². The SMILES string of the molecule is CNc1ccc(OC)c([C@H]2CO[C@]3(CC[C@H](C(=O)OC)[C@H]3c3ccc(F)cc3)C2)c1. The zero-order valence-corrected chi connectivity index (χ0v) is 17.6. The Bertz CT molecular complexity index is 916. The second-order valence-electron chi connectivity index (χ2n) is 8.18. The Kier molecular flexibility index (Phi) is 5.69. The van der Waals surface area contributed by atoms with Crippen LogP contribution in [0.1, 0.15) is 42.2 Å². The number of rotatable bonds is 5. The van der Waals surface area contributed by atoms with Crippen LogP contribution in [0.4, 0.5) is 10.1 Å². The standard InChI is InChI=1S/C24H28FNO4/c1-26-18-8-9-21(28-2)20(12-18)16-13-24(30-14-16)11-10-19(23(27)29-3)22(24)15-4-6-17(25)7-5-15/h4-9,12,16,19,22,26H,10-11,13-14H2,1-3H3/t16-,19+,22-,24-/m1/s1. The molecule has 4 rings (SSSR count). The van der Waals surface area contributed by atoms with Gasteiger partial charge in [0.1, 0.15) is 11.6 Å². The Morgan fingerprint density at radius 3 is 2.63 bits per heavy atom. The van der Waals surface area contributed by atoms with Crippen molar-refractivity contribution in [1.82, 2.24) is 0 Å². The summed E-state index contributed by atoms with van der Waals surface area (Å²) in [5, 5.41) is 3.18. The molecule has 2 aromatic carbocycles. The van der Waals surface area contributed by atoms with E-state index in [2.05, 4.69) is 11.4 Å². The van der Waals surface area contributed by atoms with Crippen LogP contribution in [0.25, 0.3) is 0 Å². The van der Waals surface area contributed by atoms with Gasteiger partial charge in [0, 0.05) is 30.1 Å². The Morgan fingerprint density at radius 2 is 1.97 bits per heavy atom. The van der Waals surface area contributed by atoms with Crippen LogP contribution in [0.5, 0.6) is 5.75 Å². The lowest BCUT2D eigenvalue weighted by molar-refractivity contribution is -0.146. The summed E-state index contributed by atoms with van der Waals surface area (Å²) in [6.45, 7) is 0.551. The van der Waals surface area contributed by atoms with Gasteiger partial charge in [-0.05, 0) is 55.2 Å². The third-order valence-corrected chi connectivity index (χ3v) is 6.70. The number of benzene rings is 2. The van der Waals surface area contributed by atoms with Crippen LogP contribution < -0.4 is 10.1 Å². The van der Waals surface area contributed by atoms with E-state index in [1.54, 1.807) is 19.2 Å². The molecule has 1 aliphatic heterocycles. The summed E-state index contributed by atoms with van der Waals surface area (Å²) in [5.74, 6) is -0.0193. The average molecular weight is 413 g/mol. The molecule has 160 valence electrons. The fraction of sp³-hybridized carbons (Fsp3) is 0.458. The second-order valence-corrected chi connectivity index (χ2v) is 8.18. The molecule has 1 aliphatic carbocycles. The van der Waals surface area contributed by atoms with E-state index in [0.29, 0.717) is 13.0 Å². The highest BCUT2D eigenvalue weighted by Crippen LogP contribution is 2.57. The Morgan fingerprint density at radius 1 is 1.20 bits per heavy atom. The summed E-state index contributed by atoms with van der Waals surface area (Å²) in [6, 6.07) is 12.5. The molecule has 0 unspecified atom stereocenters. The van der Waals surface area contributed by atoms with E-state index in [1.165, 1.54) is 19.2 Å². The van der Waals surface area contributed by atoms with Gasteiger partial charge >= 0.3 is 5.97 Å². The number of esters is 1. The molecule has 0 aromatic heterocycles.